The molecular formula is C20H18N2O3S. The van der Waals surface area contributed by atoms with Crippen molar-refractivity contribution in [2.75, 3.05) is 11.7 Å². The van der Waals surface area contributed by atoms with E-state index in [0.717, 1.165) is 17.0 Å². The predicted molar refractivity (Wildman–Crippen MR) is 105 cm³/mol. The first kappa shape index (κ1) is 16.7. The molecule has 1 saturated heterocycles. The fraction of sp³-hybridized carbons (Fsp3) is 0.200. The number of carbonyl (C=O) groups excluding carboxylic acids is 1. The molecule has 2 aromatic rings. The number of aliphatic imine (C=N–C) groups is 1. The van der Waals surface area contributed by atoms with Gasteiger partial charge < -0.3 is 9.47 Å². The standard InChI is InChI=1S/C20H18N2O3S/c1-13(2)21-20-22(15-6-4-3-5-7-15)19(23)18(26-20)11-14-8-9-16-17(10-14)25-12-24-16/h3-11,13H,12H2,1-2H3. The van der Waals surface area contributed by atoms with Crippen LogP contribution in [0.25, 0.3) is 6.08 Å². The Bertz CT molecular complexity index is 907. The molecule has 1 fully saturated rings. The number of amides is 1. The lowest BCUT2D eigenvalue weighted by molar-refractivity contribution is -0.113. The molecule has 1 amide bonds. The van der Waals surface area contributed by atoms with E-state index in [1.807, 2.05) is 68.5 Å². The van der Waals surface area contributed by atoms with Crippen molar-refractivity contribution < 1.29 is 14.3 Å². The third-order valence-electron chi connectivity index (χ3n) is 3.88. The van der Waals surface area contributed by atoms with Crippen LogP contribution in [0.2, 0.25) is 0 Å². The summed E-state index contributed by atoms with van der Waals surface area (Å²) in [6.45, 7) is 4.23. The fourth-order valence-corrected chi connectivity index (χ4v) is 3.85. The van der Waals surface area contributed by atoms with Crippen molar-refractivity contribution in [2.45, 2.75) is 19.9 Å². The second-order valence-corrected chi connectivity index (χ2v) is 7.21. The average molecular weight is 366 g/mol. The zero-order chi connectivity index (χ0) is 18.1. The van der Waals surface area contributed by atoms with E-state index in [9.17, 15) is 4.79 Å². The highest BCUT2D eigenvalue weighted by atomic mass is 32.2. The van der Waals surface area contributed by atoms with Crippen molar-refractivity contribution in [2.24, 2.45) is 4.99 Å². The van der Waals surface area contributed by atoms with Crippen LogP contribution >= 0.6 is 11.8 Å². The molecule has 4 rings (SSSR count). The number of nitrogens with zero attached hydrogens (tertiary/aromatic N) is 2. The number of anilines is 1. The molecule has 26 heavy (non-hydrogen) atoms. The van der Waals surface area contributed by atoms with Crippen molar-refractivity contribution in [3.05, 3.63) is 59.0 Å². The Morgan fingerprint density at radius 1 is 1.12 bits per heavy atom. The van der Waals surface area contributed by atoms with Gasteiger partial charge in [-0.15, -0.1) is 0 Å². The number of ether oxygens (including phenoxy) is 2. The second-order valence-electron chi connectivity index (χ2n) is 6.20. The summed E-state index contributed by atoms with van der Waals surface area (Å²) in [6.07, 6.45) is 1.87. The van der Waals surface area contributed by atoms with E-state index in [2.05, 4.69) is 4.99 Å². The minimum atomic E-state index is -0.0710. The summed E-state index contributed by atoms with van der Waals surface area (Å²) in [5, 5.41) is 0.697. The van der Waals surface area contributed by atoms with Gasteiger partial charge in [0.2, 0.25) is 6.79 Å². The molecule has 2 heterocycles. The Morgan fingerprint density at radius 2 is 1.88 bits per heavy atom. The molecule has 0 saturated carbocycles. The van der Waals surface area contributed by atoms with E-state index >= 15 is 0 Å². The van der Waals surface area contributed by atoms with Crippen LogP contribution in [0.1, 0.15) is 19.4 Å². The van der Waals surface area contributed by atoms with Crippen LogP contribution in [0.4, 0.5) is 5.69 Å². The van der Waals surface area contributed by atoms with Gasteiger partial charge in [0, 0.05) is 6.04 Å². The summed E-state index contributed by atoms with van der Waals surface area (Å²) >= 11 is 1.39. The molecule has 6 heteroatoms. The Labute approximate surface area is 156 Å². The number of thioether (sulfide) groups is 1. The van der Waals surface area contributed by atoms with Gasteiger partial charge in [0.1, 0.15) is 0 Å². The monoisotopic (exact) mass is 366 g/mol. The minimum absolute atomic E-state index is 0.0710. The molecule has 2 aliphatic rings. The number of carbonyl (C=O) groups is 1. The maximum Gasteiger partial charge on any atom is 0.271 e. The molecule has 0 atom stereocenters. The Balaban J connectivity index is 1.71. The van der Waals surface area contributed by atoms with Gasteiger partial charge in [0.15, 0.2) is 16.7 Å². The first-order valence-corrected chi connectivity index (χ1v) is 9.20. The maximum atomic E-state index is 13.0. The SMILES string of the molecule is CC(C)N=C1SC(=Cc2ccc3c(c2)OCO3)C(=O)N1c1ccccc1. The topological polar surface area (TPSA) is 51.1 Å². The van der Waals surface area contributed by atoms with Gasteiger partial charge in [0.05, 0.1) is 10.6 Å². The Morgan fingerprint density at radius 3 is 2.65 bits per heavy atom. The third kappa shape index (κ3) is 3.20. The average Bonchev–Trinajstić information content (AvgIpc) is 3.20. The van der Waals surface area contributed by atoms with Crippen molar-refractivity contribution in [3.8, 4) is 11.5 Å². The fourth-order valence-electron chi connectivity index (χ4n) is 2.74. The number of fused-ring (bicyclic) bond motifs is 1. The molecule has 2 aromatic carbocycles. The molecule has 2 aliphatic heterocycles. The van der Waals surface area contributed by atoms with Crippen molar-refractivity contribution in [3.63, 3.8) is 0 Å². The summed E-state index contributed by atoms with van der Waals surface area (Å²) in [6, 6.07) is 15.3. The van der Waals surface area contributed by atoms with E-state index in [1.165, 1.54) is 11.8 Å². The van der Waals surface area contributed by atoms with Gasteiger partial charge in [-0.1, -0.05) is 24.3 Å². The summed E-state index contributed by atoms with van der Waals surface area (Å²) in [4.78, 5) is 20.0. The molecule has 0 spiro atoms. The largest absolute Gasteiger partial charge is 0.454 e. The number of para-hydroxylation sites is 1. The number of hydrogen-bond donors (Lipinski definition) is 0. The molecule has 0 unspecified atom stereocenters. The first-order valence-electron chi connectivity index (χ1n) is 8.38. The van der Waals surface area contributed by atoms with Crippen molar-refractivity contribution in [1.82, 2.24) is 0 Å². The zero-order valence-electron chi connectivity index (χ0n) is 14.5. The van der Waals surface area contributed by atoms with Crippen molar-refractivity contribution in [1.29, 1.82) is 0 Å². The van der Waals surface area contributed by atoms with Crippen LogP contribution in [-0.2, 0) is 4.79 Å². The molecule has 0 aliphatic carbocycles. The summed E-state index contributed by atoms with van der Waals surface area (Å²) < 4.78 is 10.8. The van der Waals surface area contributed by atoms with Gasteiger partial charge in [-0.3, -0.25) is 14.7 Å². The van der Waals surface area contributed by atoms with Gasteiger partial charge in [0.25, 0.3) is 5.91 Å². The third-order valence-corrected chi connectivity index (χ3v) is 4.87. The first-order chi connectivity index (χ1) is 12.6. The van der Waals surface area contributed by atoms with E-state index < -0.39 is 0 Å². The number of hydrogen-bond acceptors (Lipinski definition) is 5. The van der Waals surface area contributed by atoms with E-state index in [4.69, 9.17) is 9.47 Å². The lowest BCUT2D eigenvalue weighted by atomic mass is 10.2. The highest BCUT2D eigenvalue weighted by Crippen LogP contribution is 2.38. The van der Waals surface area contributed by atoms with E-state index in [-0.39, 0.29) is 18.7 Å². The molecular weight excluding hydrogens is 348 g/mol. The molecule has 5 nitrogen and oxygen atoms in total. The lowest BCUT2D eigenvalue weighted by Gasteiger charge is -2.16. The van der Waals surface area contributed by atoms with Crippen LogP contribution in [0, 0.1) is 0 Å². The van der Waals surface area contributed by atoms with Crippen LogP contribution in [-0.4, -0.2) is 23.9 Å². The summed E-state index contributed by atoms with van der Waals surface area (Å²) in [7, 11) is 0. The van der Waals surface area contributed by atoms with Gasteiger partial charge in [-0.05, 0) is 61.5 Å². The van der Waals surface area contributed by atoms with Gasteiger partial charge >= 0.3 is 0 Å². The second kappa shape index (κ2) is 6.88. The highest BCUT2D eigenvalue weighted by Gasteiger charge is 2.34. The van der Waals surface area contributed by atoms with Crippen LogP contribution in [0.3, 0.4) is 0 Å². The minimum Gasteiger partial charge on any atom is -0.454 e. The maximum absolute atomic E-state index is 13.0. The van der Waals surface area contributed by atoms with E-state index in [1.54, 1.807) is 4.90 Å². The highest BCUT2D eigenvalue weighted by molar-refractivity contribution is 8.19. The van der Waals surface area contributed by atoms with Crippen molar-refractivity contribution >= 4 is 34.6 Å². The number of amidine groups is 1. The number of rotatable bonds is 3. The van der Waals surface area contributed by atoms with E-state index in [0.29, 0.717) is 15.8 Å². The molecule has 0 N–H and O–H groups in total. The molecule has 0 bridgehead atoms. The Hall–Kier alpha value is -2.73. The Kier molecular flexibility index (Phi) is 4.42. The van der Waals surface area contributed by atoms with Crippen LogP contribution in [0.15, 0.2) is 58.4 Å². The molecule has 0 radical (unpaired) electrons. The van der Waals surface area contributed by atoms with Gasteiger partial charge in [-0.25, -0.2) is 0 Å². The zero-order valence-corrected chi connectivity index (χ0v) is 15.3. The molecule has 0 aromatic heterocycles. The predicted octanol–water partition coefficient (Wildman–Crippen LogP) is 4.30. The van der Waals surface area contributed by atoms with Crippen LogP contribution < -0.4 is 14.4 Å². The normalized spacial score (nSPS) is 19.2. The number of benzene rings is 2. The smallest absolute Gasteiger partial charge is 0.271 e. The molecule has 132 valence electrons. The van der Waals surface area contributed by atoms with Crippen LogP contribution in [0.5, 0.6) is 11.5 Å². The van der Waals surface area contributed by atoms with Gasteiger partial charge in [-0.2, -0.15) is 0 Å². The summed E-state index contributed by atoms with van der Waals surface area (Å²) in [5.74, 6) is 1.36. The quantitative estimate of drug-likeness (QED) is 0.760. The summed E-state index contributed by atoms with van der Waals surface area (Å²) in [5.41, 5.74) is 1.71. The lowest BCUT2D eigenvalue weighted by Crippen LogP contribution is -2.29.